The van der Waals surface area contributed by atoms with E-state index in [9.17, 15) is 4.79 Å². The lowest BCUT2D eigenvalue weighted by molar-refractivity contribution is 0.102. The molecular formula is C18H13N5O. The Bertz CT molecular complexity index is 1020. The second kappa shape index (κ2) is 4.61. The van der Waals surface area contributed by atoms with E-state index in [4.69, 9.17) is 0 Å². The maximum absolute atomic E-state index is 13.0. The van der Waals surface area contributed by atoms with Gasteiger partial charge in [-0.3, -0.25) is 4.79 Å². The lowest BCUT2D eigenvalue weighted by atomic mass is 9.94. The molecule has 3 aromatic rings. The molecular weight excluding hydrogens is 302 g/mol. The zero-order valence-electron chi connectivity index (χ0n) is 12.9. The number of hydrogen-bond acceptors (Lipinski definition) is 5. The molecule has 0 fully saturated rings. The van der Waals surface area contributed by atoms with Crippen LogP contribution in [0.25, 0.3) is 5.70 Å². The van der Waals surface area contributed by atoms with Crippen molar-refractivity contribution in [2.45, 2.75) is 13.0 Å². The Morgan fingerprint density at radius 2 is 1.79 bits per heavy atom. The number of aromatic nitrogens is 4. The largest absolute Gasteiger partial charge is 0.322 e. The standard InChI is InChI=1S/C18H13N5O/c1-10-6-8-11(9-7-10)16-14-15(19-18-20-21-22-23(16)18)12-4-2-3-5-13(12)17(14)24/h2-9,16H,1H3,(H,19,20,22). The van der Waals surface area contributed by atoms with Crippen LogP contribution >= 0.6 is 0 Å². The van der Waals surface area contributed by atoms with Crippen LogP contribution in [-0.4, -0.2) is 26.0 Å². The van der Waals surface area contributed by atoms with Crippen LogP contribution in [0.2, 0.25) is 0 Å². The van der Waals surface area contributed by atoms with Gasteiger partial charge in [0.1, 0.15) is 6.04 Å². The quantitative estimate of drug-likeness (QED) is 0.747. The molecule has 0 bridgehead atoms. The van der Waals surface area contributed by atoms with Gasteiger partial charge in [-0.1, -0.05) is 59.2 Å². The van der Waals surface area contributed by atoms with E-state index in [2.05, 4.69) is 20.8 Å². The van der Waals surface area contributed by atoms with Crippen molar-refractivity contribution in [1.82, 2.24) is 20.2 Å². The topological polar surface area (TPSA) is 72.7 Å². The van der Waals surface area contributed by atoms with Crippen molar-refractivity contribution < 1.29 is 4.79 Å². The fourth-order valence-corrected chi connectivity index (χ4v) is 3.44. The van der Waals surface area contributed by atoms with Gasteiger partial charge in [-0.05, 0) is 22.9 Å². The van der Waals surface area contributed by atoms with E-state index in [0.29, 0.717) is 17.1 Å². The van der Waals surface area contributed by atoms with E-state index in [-0.39, 0.29) is 11.8 Å². The van der Waals surface area contributed by atoms with Gasteiger partial charge in [0.15, 0.2) is 5.78 Å². The second-order valence-corrected chi connectivity index (χ2v) is 6.05. The number of anilines is 1. The maximum Gasteiger partial charge on any atom is 0.248 e. The van der Waals surface area contributed by atoms with Crippen LogP contribution in [0.15, 0.2) is 54.1 Å². The van der Waals surface area contributed by atoms with Crippen LogP contribution in [0.4, 0.5) is 5.95 Å². The molecule has 1 aliphatic carbocycles. The molecule has 2 aliphatic rings. The predicted octanol–water partition coefficient (Wildman–Crippen LogP) is 2.60. The van der Waals surface area contributed by atoms with Gasteiger partial charge in [0, 0.05) is 11.1 Å². The monoisotopic (exact) mass is 315 g/mol. The highest BCUT2D eigenvalue weighted by Crippen LogP contribution is 2.44. The fraction of sp³-hybridized carbons (Fsp3) is 0.111. The van der Waals surface area contributed by atoms with Gasteiger partial charge in [-0.15, -0.1) is 0 Å². The van der Waals surface area contributed by atoms with Gasteiger partial charge >= 0.3 is 0 Å². The molecule has 1 unspecified atom stereocenters. The first-order valence-corrected chi connectivity index (χ1v) is 7.74. The number of tetrazole rings is 1. The molecule has 0 saturated carbocycles. The normalized spacial score (nSPS) is 18.0. The second-order valence-electron chi connectivity index (χ2n) is 6.05. The van der Waals surface area contributed by atoms with Crippen LogP contribution in [0.3, 0.4) is 0 Å². The molecule has 6 heteroatoms. The van der Waals surface area contributed by atoms with Gasteiger partial charge in [0.05, 0.1) is 11.3 Å². The third kappa shape index (κ3) is 1.65. The smallest absolute Gasteiger partial charge is 0.248 e. The summed E-state index contributed by atoms with van der Waals surface area (Å²) in [7, 11) is 0. The Morgan fingerprint density at radius 1 is 1.04 bits per heavy atom. The third-order valence-corrected chi connectivity index (χ3v) is 4.60. The highest BCUT2D eigenvalue weighted by molar-refractivity contribution is 6.23. The summed E-state index contributed by atoms with van der Waals surface area (Å²) in [5, 5.41) is 15.1. The van der Waals surface area contributed by atoms with Crippen molar-refractivity contribution in [3.8, 4) is 0 Å². The summed E-state index contributed by atoms with van der Waals surface area (Å²) in [5.74, 6) is 0.573. The van der Waals surface area contributed by atoms with E-state index < -0.39 is 0 Å². The number of aryl methyl sites for hydroxylation is 1. The van der Waals surface area contributed by atoms with Crippen LogP contribution in [0, 0.1) is 6.92 Å². The predicted molar refractivity (Wildman–Crippen MR) is 88.5 cm³/mol. The number of nitrogens with zero attached hydrogens (tertiary/aromatic N) is 4. The molecule has 0 saturated heterocycles. The van der Waals surface area contributed by atoms with Crippen molar-refractivity contribution in [2.24, 2.45) is 0 Å². The number of Topliss-reactive ketones (excluding diaryl/α,β-unsaturated/α-hetero) is 1. The SMILES string of the molecule is Cc1ccc(C2C3=C(Nc4nnnn42)c2ccccc2C3=O)cc1. The lowest BCUT2D eigenvalue weighted by Gasteiger charge is -2.25. The Balaban J connectivity index is 1.77. The number of benzene rings is 2. The number of rotatable bonds is 1. The van der Waals surface area contributed by atoms with Gasteiger partial charge < -0.3 is 5.32 Å². The lowest BCUT2D eigenvalue weighted by Crippen LogP contribution is -2.25. The number of fused-ring (bicyclic) bond motifs is 3. The first-order chi connectivity index (χ1) is 11.7. The summed E-state index contributed by atoms with van der Waals surface area (Å²) in [6.07, 6.45) is 0. The minimum atomic E-state index is -0.327. The van der Waals surface area contributed by atoms with Gasteiger partial charge in [0.2, 0.25) is 5.95 Å². The summed E-state index contributed by atoms with van der Waals surface area (Å²) in [4.78, 5) is 13.0. The van der Waals surface area contributed by atoms with Crippen molar-refractivity contribution in [1.29, 1.82) is 0 Å². The van der Waals surface area contributed by atoms with Crippen molar-refractivity contribution >= 4 is 17.4 Å². The van der Waals surface area contributed by atoms with Crippen molar-refractivity contribution in [3.05, 3.63) is 76.4 Å². The van der Waals surface area contributed by atoms with Crippen LogP contribution in [0.5, 0.6) is 0 Å². The highest BCUT2D eigenvalue weighted by Gasteiger charge is 2.41. The van der Waals surface area contributed by atoms with E-state index in [0.717, 1.165) is 16.8 Å². The van der Waals surface area contributed by atoms with E-state index in [1.807, 2.05) is 55.5 Å². The Kier molecular flexibility index (Phi) is 2.53. The molecule has 5 rings (SSSR count). The first-order valence-electron chi connectivity index (χ1n) is 7.74. The van der Waals surface area contributed by atoms with E-state index >= 15 is 0 Å². The maximum atomic E-state index is 13.0. The zero-order chi connectivity index (χ0) is 16.3. The van der Waals surface area contributed by atoms with E-state index in [1.54, 1.807) is 4.68 Å². The molecule has 24 heavy (non-hydrogen) atoms. The molecule has 0 radical (unpaired) electrons. The summed E-state index contributed by atoms with van der Waals surface area (Å²) in [6.45, 7) is 2.04. The molecule has 2 aromatic carbocycles. The minimum absolute atomic E-state index is 0.0276. The van der Waals surface area contributed by atoms with Crippen LogP contribution in [0.1, 0.15) is 33.1 Å². The molecule has 1 aromatic heterocycles. The Labute approximate surface area is 137 Å². The number of nitrogens with one attached hydrogen (secondary N) is 1. The Morgan fingerprint density at radius 3 is 2.58 bits per heavy atom. The molecule has 0 amide bonds. The van der Waals surface area contributed by atoms with Gasteiger partial charge in [0.25, 0.3) is 0 Å². The summed E-state index contributed by atoms with van der Waals surface area (Å²) < 4.78 is 1.67. The Hall–Kier alpha value is -3.28. The highest BCUT2D eigenvalue weighted by atomic mass is 16.1. The van der Waals surface area contributed by atoms with Crippen molar-refractivity contribution in [2.75, 3.05) is 5.32 Å². The fourth-order valence-electron chi connectivity index (χ4n) is 3.44. The number of hydrogen-bond donors (Lipinski definition) is 1. The average molecular weight is 315 g/mol. The summed E-state index contributed by atoms with van der Waals surface area (Å²) in [5.41, 5.74) is 5.28. The molecule has 2 heterocycles. The molecule has 1 N–H and O–H groups in total. The minimum Gasteiger partial charge on any atom is -0.322 e. The molecule has 0 spiro atoms. The van der Waals surface area contributed by atoms with Crippen LogP contribution in [-0.2, 0) is 0 Å². The molecule has 1 atom stereocenters. The number of allylic oxidation sites excluding steroid dienone is 1. The van der Waals surface area contributed by atoms with Crippen LogP contribution < -0.4 is 5.32 Å². The zero-order valence-corrected chi connectivity index (χ0v) is 12.9. The third-order valence-electron chi connectivity index (χ3n) is 4.60. The first kappa shape index (κ1) is 13.2. The number of carbonyl (C=O) groups is 1. The molecule has 6 nitrogen and oxygen atoms in total. The summed E-state index contributed by atoms with van der Waals surface area (Å²) in [6, 6.07) is 15.4. The molecule has 116 valence electrons. The summed E-state index contributed by atoms with van der Waals surface area (Å²) >= 11 is 0. The molecule has 1 aliphatic heterocycles. The van der Waals surface area contributed by atoms with Gasteiger partial charge in [-0.2, -0.15) is 4.68 Å². The van der Waals surface area contributed by atoms with Gasteiger partial charge in [-0.25, -0.2) is 0 Å². The number of ketones is 1. The average Bonchev–Trinajstić information content (AvgIpc) is 3.18. The van der Waals surface area contributed by atoms with E-state index in [1.165, 1.54) is 5.56 Å². The number of carbonyl (C=O) groups excluding carboxylic acids is 1. The van der Waals surface area contributed by atoms with Crippen molar-refractivity contribution in [3.63, 3.8) is 0 Å².